The van der Waals surface area contributed by atoms with Crippen molar-refractivity contribution in [1.82, 2.24) is 30.4 Å². The predicted molar refractivity (Wildman–Crippen MR) is 257 cm³/mol. The second-order valence-corrected chi connectivity index (χ2v) is 16.0. The number of likely N-dealkylation sites (tertiary alicyclic amines) is 1. The number of nitrogens with zero attached hydrogens (tertiary/aromatic N) is 2. The lowest BCUT2D eigenvalue weighted by atomic mass is 10.0. The van der Waals surface area contributed by atoms with Gasteiger partial charge in [0.15, 0.2) is 5.78 Å². The van der Waals surface area contributed by atoms with E-state index in [1.807, 2.05) is 0 Å². The van der Waals surface area contributed by atoms with Crippen molar-refractivity contribution in [2.24, 2.45) is 5.73 Å². The molecule has 4 aromatic carbocycles. The second kappa shape index (κ2) is 24.5. The minimum atomic E-state index is -1.50. The summed E-state index contributed by atoms with van der Waals surface area (Å²) < 4.78 is 10.3. The molecule has 1 atom stereocenters. The maximum absolute atomic E-state index is 13.0. The third-order valence-corrected chi connectivity index (χ3v) is 11.1. The van der Waals surface area contributed by atoms with Crippen LogP contribution >= 0.6 is 11.6 Å². The van der Waals surface area contributed by atoms with Gasteiger partial charge in [0.2, 0.25) is 5.91 Å². The van der Waals surface area contributed by atoms with Gasteiger partial charge < -0.3 is 62.0 Å². The maximum atomic E-state index is 13.0. The summed E-state index contributed by atoms with van der Waals surface area (Å²) in [5.41, 5.74) is 14.8. The minimum Gasteiger partial charge on any atom is -0.496 e. The van der Waals surface area contributed by atoms with Crippen molar-refractivity contribution < 1.29 is 33.4 Å². The number of benzene rings is 4. The smallest absolute Gasteiger partial charge is 0.323 e. The number of Topliss-reactive ketones (excluding diaryl/α,β-unsaturated/α-hetero) is 1. The van der Waals surface area contributed by atoms with Crippen LogP contribution in [0.2, 0.25) is 5.02 Å². The van der Waals surface area contributed by atoms with Crippen molar-refractivity contribution in [2.45, 2.75) is 45.6 Å². The number of hydrogen-bond donors (Lipinski definition) is 8. The molecular formula is C47H59ClN10O8. The Hall–Kier alpha value is -6.73. The molecule has 0 saturated carbocycles. The summed E-state index contributed by atoms with van der Waals surface area (Å²) in [6, 6.07) is 17.4. The number of methoxy groups -OCH3 is 2. The lowest BCUT2D eigenvalue weighted by Gasteiger charge is -2.26. The number of piperidine rings is 1. The van der Waals surface area contributed by atoms with E-state index in [1.165, 1.54) is 45.6 Å². The predicted octanol–water partition coefficient (Wildman–Crippen LogP) is 4.87. The molecule has 1 aromatic heterocycles. The summed E-state index contributed by atoms with van der Waals surface area (Å²) in [6.07, 6.45) is 4.69. The van der Waals surface area contributed by atoms with E-state index in [0.717, 1.165) is 45.7 Å². The van der Waals surface area contributed by atoms with Crippen molar-refractivity contribution in [1.29, 1.82) is 0 Å². The first-order valence-corrected chi connectivity index (χ1v) is 22.2. The number of nitrogen functional groups attached to an aromatic ring is 1. The van der Waals surface area contributed by atoms with Crippen LogP contribution in [-0.4, -0.2) is 122 Å². The molecule has 6 rings (SSSR count). The molecule has 1 aliphatic heterocycles. The first-order valence-electron chi connectivity index (χ1n) is 21.8. The molecule has 1 saturated heterocycles. The number of anilines is 3. The van der Waals surface area contributed by atoms with Gasteiger partial charge in [0.05, 0.1) is 35.8 Å². The van der Waals surface area contributed by atoms with E-state index in [0.29, 0.717) is 57.9 Å². The minimum absolute atomic E-state index is 0.0665. The summed E-state index contributed by atoms with van der Waals surface area (Å²) in [6.45, 7) is 10.8. The second-order valence-electron chi connectivity index (χ2n) is 15.6. The number of fused-ring (bicyclic) bond motifs is 1. The Kier molecular flexibility index (Phi) is 18.7. The third kappa shape index (κ3) is 14.1. The van der Waals surface area contributed by atoms with Gasteiger partial charge in [-0.3, -0.25) is 24.0 Å². The highest BCUT2D eigenvalue weighted by atomic mass is 35.5. The number of amides is 4. The number of hydrogen-bond acceptors (Lipinski definition) is 12. The molecule has 19 heteroatoms. The number of ketones is 1. The number of H-pyrrole nitrogens is 2. The number of nitrogens with one attached hydrogen (secondary N) is 6. The number of nitrogens with two attached hydrogens (primary N) is 2. The van der Waals surface area contributed by atoms with Gasteiger partial charge in [-0.1, -0.05) is 31.9 Å². The Labute approximate surface area is 388 Å². The molecule has 0 spiro atoms. The third-order valence-electron chi connectivity index (χ3n) is 10.8. The number of ether oxygens (including phenoxy) is 2. The molecule has 10 N–H and O–H groups in total. The number of aromatic amines is 2. The zero-order chi connectivity index (χ0) is 47.8. The number of rotatable bonds is 19. The molecule has 2 heterocycles. The summed E-state index contributed by atoms with van der Waals surface area (Å²) >= 11 is 6.03. The molecule has 1 unspecified atom stereocenters. The van der Waals surface area contributed by atoms with Crippen molar-refractivity contribution in [3.8, 4) is 11.5 Å². The molecular weight excluding hydrogens is 868 g/mol. The van der Waals surface area contributed by atoms with Gasteiger partial charge in [-0.15, -0.1) is 0 Å². The van der Waals surface area contributed by atoms with E-state index >= 15 is 0 Å². The number of aromatic nitrogens is 2. The van der Waals surface area contributed by atoms with Crippen molar-refractivity contribution in [2.75, 3.05) is 82.9 Å². The molecule has 4 amide bonds. The van der Waals surface area contributed by atoms with Crippen LogP contribution in [0.1, 0.15) is 81.0 Å². The molecule has 1 fully saturated rings. The highest BCUT2D eigenvalue weighted by Gasteiger charge is 2.28. The van der Waals surface area contributed by atoms with Crippen LogP contribution in [0.3, 0.4) is 0 Å². The van der Waals surface area contributed by atoms with Crippen molar-refractivity contribution in [3.05, 3.63) is 111 Å². The molecule has 0 bridgehead atoms. The van der Waals surface area contributed by atoms with Gasteiger partial charge in [-0.2, -0.15) is 0 Å². The average molecular weight is 928 g/mol. The SMILES string of the molecule is CCCN(CC)CCNC(=O)c1cc(NC(=O)c2ccc(N)cc2)cc(C(=O)NCCN2CCCCC2)c1.COc1cc(C(=O)C(N)C(=O)Nc2ccc3[nH]c(=O)[nH]c3c2)c(OC)cc1Cl. The lowest BCUT2D eigenvalue weighted by Crippen LogP contribution is -2.42. The summed E-state index contributed by atoms with van der Waals surface area (Å²) in [4.78, 5) is 85.2. The Bertz CT molecular complexity index is 2500. The average Bonchev–Trinajstić information content (AvgIpc) is 3.70. The molecule has 5 aromatic rings. The van der Waals surface area contributed by atoms with Crippen LogP contribution in [0, 0.1) is 0 Å². The van der Waals surface area contributed by atoms with Crippen LogP contribution in [0.4, 0.5) is 17.1 Å². The number of halogens is 1. The standard InChI is InChI=1S/C29H42N6O3.C18H17ClN4O5/c1-3-14-34(4-2)17-12-31-27(36)23-19-24(28(37)32-13-18-35-15-6-5-7-16-35)21-26(20-23)33-29(38)22-8-10-25(30)11-9-22;1-27-13-7-10(19)14(28-2)6-9(13)16(24)15(20)17(25)21-8-3-4-11-12(5-8)23-18(26)22-11/h8-11,19-21H,3-7,12-18,30H2,1-2H3,(H,31,36)(H,32,37)(H,33,38);3-7,15H,20H2,1-2H3,(H,21,25)(H2,22,23,26). The monoisotopic (exact) mass is 926 g/mol. The van der Waals surface area contributed by atoms with Gasteiger partial charge in [-0.25, -0.2) is 4.79 Å². The number of imidazole rings is 1. The van der Waals surface area contributed by atoms with E-state index in [-0.39, 0.29) is 45.5 Å². The Morgan fingerprint density at radius 1 is 0.742 bits per heavy atom. The zero-order valence-electron chi connectivity index (χ0n) is 37.7. The highest BCUT2D eigenvalue weighted by molar-refractivity contribution is 6.32. The summed E-state index contributed by atoms with van der Waals surface area (Å²) in [7, 11) is 2.77. The molecule has 1 aliphatic rings. The van der Waals surface area contributed by atoms with Gasteiger partial charge in [0.25, 0.3) is 17.7 Å². The normalized spacial score (nSPS) is 13.0. The number of likely N-dealkylation sites (N-methyl/N-ethyl adjacent to an activating group) is 1. The van der Waals surface area contributed by atoms with Gasteiger partial charge in [-0.05, 0) is 112 Å². The molecule has 18 nitrogen and oxygen atoms in total. The first kappa shape index (κ1) is 50.3. The van der Waals surface area contributed by atoms with Crippen molar-refractivity contribution >= 4 is 69.1 Å². The van der Waals surface area contributed by atoms with Crippen LogP contribution in [0.15, 0.2) is 77.6 Å². The lowest BCUT2D eigenvalue weighted by molar-refractivity contribution is -0.116. The zero-order valence-corrected chi connectivity index (χ0v) is 38.4. The van der Waals surface area contributed by atoms with Crippen molar-refractivity contribution in [3.63, 3.8) is 0 Å². The highest BCUT2D eigenvalue weighted by Crippen LogP contribution is 2.33. The van der Waals surface area contributed by atoms with E-state index in [9.17, 15) is 28.8 Å². The fourth-order valence-electron chi connectivity index (χ4n) is 7.26. The maximum Gasteiger partial charge on any atom is 0.323 e. The van der Waals surface area contributed by atoms with Gasteiger partial charge in [0.1, 0.15) is 17.5 Å². The largest absolute Gasteiger partial charge is 0.496 e. The van der Waals surface area contributed by atoms with Gasteiger partial charge in [0, 0.05) is 66.0 Å². The Balaban J connectivity index is 0.000000259. The van der Waals surface area contributed by atoms with Crippen LogP contribution in [0.5, 0.6) is 11.5 Å². The van der Waals surface area contributed by atoms with E-state index in [2.05, 4.69) is 54.9 Å². The molecule has 66 heavy (non-hydrogen) atoms. The van der Waals surface area contributed by atoms with Gasteiger partial charge >= 0.3 is 5.69 Å². The quantitative estimate of drug-likeness (QED) is 0.0314. The Morgan fingerprint density at radius 2 is 1.39 bits per heavy atom. The van der Waals surface area contributed by atoms with E-state index in [4.69, 9.17) is 32.5 Å². The molecule has 352 valence electrons. The Morgan fingerprint density at radius 3 is 2.03 bits per heavy atom. The van der Waals surface area contributed by atoms with E-state index in [1.54, 1.807) is 60.7 Å². The number of carbonyl (C=O) groups is 5. The van der Waals surface area contributed by atoms with Crippen LogP contribution in [0.25, 0.3) is 11.0 Å². The summed E-state index contributed by atoms with van der Waals surface area (Å²) in [5, 5.41) is 11.5. The molecule has 0 radical (unpaired) electrons. The first-order chi connectivity index (χ1) is 31.7. The fourth-order valence-corrected chi connectivity index (χ4v) is 7.49. The van der Waals surface area contributed by atoms with E-state index < -0.39 is 17.7 Å². The fraction of sp³-hybridized carbons (Fsp3) is 0.362. The molecule has 0 aliphatic carbocycles. The van der Waals surface area contributed by atoms with Crippen LogP contribution in [-0.2, 0) is 4.79 Å². The number of carbonyl (C=O) groups excluding carboxylic acids is 5. The topological polar surface area (TPSA) is 259 Å². The van der Waals surface area contributed by atoms with Crippen LogP contribution < -0.4 is 47.9 Å². The summed E-state index contributed by atoms with van der Waals surface area (Å²) in [5.74, 6) is -1.88.